The fourth-order valence-electron chi connectivity index (χ4n) is 1.88. The van der Waals surface area contributed by atoms with E-state index in [0.29, 0.717) is 16.5 Å². The molecule has 2 aromatic carbocycles. The average Bonchev–Trinajstić information content (AvgIpc) is 2.60. The predicted molar refractivity (Wildman–Crippen MR) is 92.4 cm³/mol. The monoisotopic (exact) mass is 347 g/mol. The molecule has 0 radical (unpaired) electrons. The van der Waals surface area contributed by atoms with Gasteiger partial charge in [-0.15, -0.1) is 0 Å². The highest BCUT2D eigenvalue weighted by Crippen LogP contribution is 2.15. The van der Waals surface area contributed by atoms with Crippen molar-refractivity contribution in [3.63, 3.8) is 0 Å². The van der Waals surface area contributed by atoms with Crippen molar-refractivity contribution in [2.45, 2.75) is 13.3 Å². The van der Waals surface area contributed by atoms with E-state index in [0.717, 1.165) is 6.42 Å². The van der Waals surface area contributed by atoms with Gasteiger partial charge in [0.2, 0.25) is 0 Å². The number of hydrogen-bond donors (Lipinski definition) is 1. The minimum atomic E-state index is -0.624. The number of carbonyl (C=O) groups excluding carboxylic acids is 2. The van der Waals surface area contributed by atoms with Gasteiger partial charge in [-0.3, -0.25) is 4.79 Å². The first-order valence-corrected chi connectivity index (χ1v) is 7.87. The zero-order valence-electron chi connectivity index (χ0n) is 13.3. The van der Waals surface area contributed by atoms with Crippen LogP contribution in [0.1, 0.15) is 12.5 Å². The van der Waals surface area contributed by atoms with Crippen molar-refractivity contribution in [3.05, 3.63) is 59.1 Å². The van der Waals surface area contributed by atoms with Crippen LogP contribution in [0.5, 0.6) is 5.75 Å². The Labute approximate surface area is 145 Å². The predicted octanol–water partition coefficient (Wildman–Crippen LogP) is 3.46. The number of esters is 1. The Balaban J connectivity index is 1.70. The van der Waals surface area contributed by atoms with Gasteiger partial charge in [0.15, 0.2) is 13.2 Å². The van der Waals surface area contributed by atoms with Gasteiger partial charge in [-0.2, -0.15) is 0 Å². The molecule has 24 heavy (non-hydrogen) atoms. The molecule has 6 heteroatoms. The Morgan fingerprint density at radius 3 is 2.29 bits per heavy atom. The van der Waals surface area contributed by atoms with Crippen LogP contribution in [0.4, 0.5) is 5.69 Å². The maximum absolute atomic E-state index is 11.7. The van der Waals surface area contributed by atoms with Crippen molar-refractivity contribution in [1.82, 2.24) is 0 Å². The molecule has 126 valence electrons. The van der Waals surface area contributed by atoms with Gasteiger partial charge < -0.3 is 14.8 Å². The summed E-state index contributed by atoms with van der Waals surface area (Å²) in [6.45, 7) is 1.41. The lowest BCUT2D eigenvalue weighted by atomic mass is 10.1. The Bertz CT molecular complexity index is 683. The number of halogens is 1. The number of rotatable bonds is 7. The topological polar surface area (TPSA) is 64.6 Å². The van der Waals surface area contributed by atoms with Crippen molar-refractivity contribution in [2.75, 3.05) is 18.5 Å². The molecular weight excluding hydrogens is 330 g/mol. The van der Waals surface area contributed by atoms with E-state index in [9.17, 15) is 9.59 Å². The number of benzene rings is 2. The van der Waals surface area contributed by atoms with Crippen LogP contribution in [0.25, 0.3) is 0 Å². The highest BCUT2D eigenvalue weighted by molar-refractivity contribution is 6.30. The summed E-state index contributed by atoms with van der Waals surface area (Å²) < 4.78 is 10.1. The maximum atomic E-state index is 11.7. The fourth-order valence-corrected chi connectivity index (χ4v) is 2.01. The molecule has 1 amide bonds. The SMILES string of the molecule is CCc1ccc(NC(=O)COC(=O)COc2ccc(Cl)cc2)cc1. The van der Waals surface area contributed by atoms with Crippen molar-refractivity contribution >= 4 is 29.2 Å². The smallest absolute Gasteiger partial charge is 0.344 e. The Morgan fingerprint density at radius 2 is 1.67 bits per heavy atom. The van der Waals surface area contributed by atoms with Crippen LogP contribution >= 0.6 is 11.6 Å². The van der Waals surface area contributed by atoms with Gasteiger partial charge in [-0.05, 0) is 48.4 Å². The molecule has 1 N–H and O–H groups in total. The summed E-state index contributed by atoms with van der Waals surface area (Å²) in [7, 11) is 0. The van der Waals surface area contributed by atoms with Crippen molar-refractivity contribution in [1.29, 1.82) is 0 Å². The summed E-state index contributed by atoms with van der Waals surface area (Å²) in [5, 5.41) is 3.23. The number of nitrogens with one attached hydrogen (secondary N) is 1. The van der Waals surface area contributed by atoms with Crippen LogP contribution in [-0.4, -0.2) is 25.1 Å². The first-order chi connectivity index (χ1) is 11.6. The third-order valence-corrected chi connectivity index (χ3v) is 3.43. The Kier molecular flexibility index (Phi) is 6.63. The summed E-state index contributed by atoms with van der Waals surface area (Å²) in [5.41, 5.74) is 1.84. The molecule has 0 spiro atoms. The molecular formula is C18H18ClNO4. The molecule has 0 fully saturated rings. The average molecular weight is 348 g/mol. The van der Waals surface area contributed by atoms with Crippen molar-refractivity contribution < 1.29 is 19.1 Å². The van der Waals surface area contributed by atoms with Crippen molar-refractivity contribution in [2.24, 2.45) is 0 Å². The fraction of sp³-hybridized carbons (Fsp3) is 0.222. The highest BCUT2D eigenvalue weighted by atomic mass is 35.5. The highest BCUT2D eigenvalue weighted by Gasteiger charge is 2.09. The van der Waals surface area contributed by atoms with Gasteiger partial charge in [0.05, 0.1) is 0 Å². The van der Waals surface area contributed by atoms with Gasteiger partial charge in [0, 0.05) is 10.7 Å². The first kappa shape index (κ1) is 17.8. The van der Waals surface area contributed by atoms with Crippen molar-refractivity contribution in [3.8, 4) is 5.75 Å². The number of aryl methyl sites for hydroxylation is 1. The van der Waals surface area contributed by atoms with Gasteiger partial charge >= 0.3 is 5.97 Å². The normalized spacial score (nSPS) is 10.1. The van der Waals surface area contributed by atoms with Gasteiger partial charge in [-0.25, -0.2) is 4.79 Å². The molecule has 0 saturated heterocycles. The van der Waals surface area contributed by atoms with E-state index in [4.69, 9.17) is 21.1 Å². The summed E-state index contributed by atoms with van der Waals surface area (Å²) in [6, 6.07) is 14.1. The zero-order chi connectivity index (χ0) is 17.4. The lowest BCUT2D eigenvalue weighted by Crippen LogP contribution is -2.23. The van der Waals surface area contributed by atoms with Gasteiger partial charge in [-0.1, -0.05) is 30.7 Å². The van der Waals surface area contributed by atoms with Crippen LogP contribution < -0.4 is 10.1 Å². The maximum Gasteiger partial charge on any atom is 0.344 e. The summed E-state index contributed by atoms with van der Waals surface area (Å²) in [4.78, 5) is 23.3. The minimum absolute atomic E-state index is 0.278. The van der Waals surface area contributed by atoms with E-state index < -0.39 is 11.9 Å². The van der Waals surface area contributed by atoms with E-state index in [-0.39, 0.29) is 13.2 Å². The molecule has 2 aromatic rings. The lowest BCUT2D eigenvalue weighted by Gasteiger charge is -2.08. The molecule has 0 heterocycles. The standard InChI is InChI=1S/C18H18ClNO4/c1-2-13-3-7-15(8-4-13)20-17(21)11-24-18(22)12-23-16-9-5-14(19)6-10-16/h3-10H,2,11-12H2,1H3,(H,20,21). The number of amides is 1. The quantitative estimate of drug-likeness (QED) is 0.779. The van der Waals surface area contributed by atoms with E-state index >= 15 is 0 Å². The largest absolute Gasteiger partial charge is 0.482 e. The van der Waals surface area contributed by atoms with Gasteiger partial charge in [0.1, 0.15) is 5.75 Å². The third-order valence-electron chi connectivity index (χ3n) is 3.18. The summed E-state index contributed by atoms with van der Waals surface area (Å²) in [6.07, 6.45) is 0.930. The third kappa shape index (κ3) is 5.93. The molecule has 2 rings (SSSR count). The number of anilines is 1. The molecule has 0 aliphatic heterocycles. The first-order valence-electron chi connectivity index (χ1n) is 7.49. The van der Waals surface area contributed by atoms with Crippen LogP contribution in [0, 0.1) is 0 Å². The number of ether oxygens (including phenoxy) is 2. The number of carbonyl (C=O) groups is 2. The minimum Gasteiger partial charge on any atom is -0.482 e. The molecule has 0 aliphatic rings. The lowest BCUT2D eigenvalue weighted by molar-refractivity contribution is -0.149. The number of hydrogen-bond acceptors (Lipinski definition) is 4. The molecule has 0 unspecified atom stereocenters. The second kappa shape index (κ2) is 8.93. The molecule has 0 saturated carbocycles. The zero-order valence-corrected chi connectivity index (χ0v) is 14.0. The molecule has 0 atom stereocenters. The van der Waals surface area contributed by atoms with Crippen LogP contribution in [0.15, 0.2) is 48.5 Å². The van der Waals surface area contributed by atoms with E-state index in [1.54, 1.807) is 24.3 Å². The van der Waals surface area contributed by atoms with Crippen LogP contribution in [0.3, 0.4) is 0 Å². The van der Waals surface area contributed by atoms with Crippen LogP contribution in [0.2, 0.25) is 5.02 Å². The van der Waals surface area contributed by atoms with E-state index in [1.165, 1.54) is 5.56 Å². The second-order valence-electron chi connectivity index (χ2n) is 5.00. The van der Waals surface area contributed by atoms with Crippen LogP contribution in [-0.2, 0) is 20.7 Å². The molecule has 5 nitrogen and oxygen atoms in total. The summed E-state index contributed by atoms with van der Waals surface area (Å²) in [5.74, 6) is -0.530. The Morgan fingerprint density at radius 1 is 1.00 bits per heavy atom. The molecule has 0 aromatic heterocycles. The van der Waals surface area contributed by atoms with E-state index in [1.807, 2.05) is 24.3 Å². The summed E-state index contributed by atoms with van der Waals surface area (Å²) >= 11 is 5.75. The van der Waals surface area contributed by atoms with Gasteiger partial charge in [0.25, 0.3) is 5.91 Å². The second-order valence-corrected chi connectivity index (χ2v) is 5.44. The molecule has 0 aliphatic carbocycles. The molecule has 0 bridgehead atoms. The Hall–Kier alpha value is -2.53. The van der Waals surface area contributed by atoms with E-state index in [2.05, 4.69) is 12.2 Å².